The molecule has 1 aromatic carbocycles. The smallest absolute Gasteiger partial charge is 0.319 e. The molecule has 0 aliphatic heterocycles. The summed E-state index contributed by atoms with van der Waals surface area (Å²) in [6.07, 6.45) is 3.39. The third-order valence-corrected chi connectivity index (χ3v) is 3.29. The largest absolute Gasteiger partial charge is 0.367 e. The van der Waals surface area contributed by atoms with Gasteiger partial charge in [0.25, 0.3) is 0 Å². The average Bonchev–Trinajstić information content (AvgIpc) is 3.16. The molecule has 0 radical (unpaired) electrons. The third-order valence-electron chi connectivity index (χ3n) is 3.29. The number of rotatable bonds is 6. The highest BCUT2D eigenvalue weighted by molar-refractivity contribution is 5.89. The highest BCUT2D eigenvalue weighted by Gasteiger charge is 2.07. The number of anilines is 2. The van der Waals surface area contributed by atoms with Crippen molar-refractivity contribution in [1.29, 1.82) is 0 Å². The van der Waals surface area contributed by atoms with E-state index < -0.39 is 17.7 Å². The monoisotopic (exact) mass is 359 g/mol. The van der Waals surface area contributed by atoms with E-state index in [9.17, 15) is 13.6 Å². The summed E-state index contributed by atoms with van der Waals surface area (Å²) in [4.78, 5) is 11.7. The molecule has 0 aliphatic rings. The van der Waals surface area contributed by atoms with Crippen LogP contribution < -0.4 is 16.0 Å². The minimum absolute atomic E-state index is 0.100. The van der Waals surface area contributed by atoms with E-state index in [1.807, 2.05) is 0 Å². The first-order chi connectivity index (χ1) is 12.6. The van der Waals surface area contributed by atoms with Crippen LogP contribution >= 0.6 is 0 Å². The molecule has 2 heterocycles. The summed E-state index contributed by atoms with van der Waals surface area (Å²) in [7, 11) is 0. The van der Waals surface area contributed by atoms with E-state index in [0.29, 0.717) is 24.2 Å². The van der Waals surface area contributed by atoms with E-state index in [0.717, 1.165) is 12.1 Å². The van der Waals surface area contributed by atoms with Gasteiger partial charge in [0, 0.05) is 31.5 Å². The predicted octanol–water partition coefficient (Wildman–Crippen LogP) is 2.17. The maximum absolute atomic E-state index is 13.4. The number of hydrogen-bond donors (Lipinski definition) is 3. The highest BCUT2D eigenvalue weighted by atomic mass is 19.1. The molecule has 0 spiro atoms. The molecule has 8 nitrogen and oxygen atoms in total. The van der Waals surface area contributed by atoms with Crippen LogP contribution in [0.3, 0.4) is 0 Å². The summed E-state index contributed by atoms with van der Waals surface area (Å²) >= 11 is 0. The van der Waals surface area contributed by atoms with Gasteiger partial charge in [-0.05, 0) is 30.3 Å². The van der Waals surface area contributed by atoms with Crippen LogP contribution in [0.5, 0.6) is 0 Å². The number of urea groups is 1. The van der Waals surface area contributed by atoms with Crippen molar-refractivity contribution in [2.24, 2.45) is 0 Å². The second kappa shape index (κ2) is 8.01. The van der Waals surface area contributed by atoms with Gasteiger partial charge in [-0.15, -0.1) is 10.2 Å². The van der Waals surface area contributed by atoms with Crippen molar-refractivity contribution in [2.75, 3.05) is 23.7 Å². The number of carbonyl (C=O) groups is 1. The standard InChI is InChI=1S/C16H15F2N7O/c17-11-2-3-13(12(18)10-11)22-16(26)20-8-7-19-14-4-5-15(24-23-14)25-9-1-6-21-25/h1-6,9-10H,7-8H2,(H,19,23)(H2,20,22,26). The molecule has 0 saturated carbocycles. The molecule has 0 fully saturated rings. The van der Waals surface area contributed by atoms with Crippen molar-refractivity contribution in [3.8, 4) is 5.82 Å². The molecule has 2 aromatic heterocycles. The molecule has 26 heavy (non-hydrogen) atoms. The van der Waals surface area contributed by atoms with Gasteiger partial charge in [-0.2, -0.15) is 5.10 Å². The van der Waals surface area contributed by atoms with E-state index in [4.69, 9.17) is 0 Å². The van der Waals surface area contributed by atoms with E-state index in [2.05, 4.69) is 31.2 Å². The second-order valence-corrected chi connectivity index (χ2v) is 5.16. The van der Waals surface area contributed by atoms with Crippen molar-refractivity contribution in [3.63, 3.8) is 0 Å². The number of hydrogen-bond acceptors (Lipinski definition) is 5. The van der Waals surface area contributed by atoms with Gasteiger partial charge in [0.15, 0.2) is 5.82 Å². The van der Waals surface area contributed by atoms with Crippen molar-refractivity contribution in [2.45, 2.75) is 0 Å². The van der Waals surface area contributed by atoms with Crippen LogP contribution in [0.1, 0.15) is 0 Å². The summed E-state index contributed by atoms with van der Waals surface area (Å²) in [5, 5.41) is 19.9. The Morgan fingerprint density at radius 2 is 2.00 bits per heavy atom. The zero-order chi connectivity index (χ0) is 18.4. The lowest BCUT2D eigenvalue weighted by atomic mass is 10.3. The van der Waals surface area contributed by atoms with Gasteiger partial charge in [-0.25, -0.2) is 18.3 Å². The lowest BCUT2D eigenvalue weighted by molar-refractivity contribution is 0.252. The summed E-state index contributed by atoms with van der Waals surface area (Å²) < 4.78 is 27.8. The van der Waals surface area contributed by atoms with Gasteiger partial charge in [-0.1, -0.05) is 0 Å². The molecule has 0 unspecified atom stereocenters. The van der Waals surface area contributed by atoms with Gasteiger partial charge in [0.05, 0.1) is 5.69 Å². The Hall–Kier alpha value is -3.56. The van der Waals surface area contributed by atoms with E-state index in [1.165, 1.54) is 0 Å². The van der Waals surface area contributed by atoms with Crippen molar-refractivity contribution in [3.05, 3.63) is 60.4 Å². The minimum atomic E-state index is -0.842. The van der Waals surface area contributed by atoms with Gasteiger partial charge < -0.3 is 16.0 Å². The SMILES string of the molecule is O=C(NCCNc1ccc(-n2cccn2)nn1)Nc1ccc(F)cc1F. The molecule has 3 aromatic rings. The second-order valence-electron chi connectivity index (χ2n) is 5.16. The number of nitrogens with zero attached hydrogens (tertiary/aromatic N) is 4. The van der Waals surface area contributed by atoms with Crippen molar-refractivity contribution in [1.82, 2.24) is 25.3 Å². The van der Waals surface area contributed by atoms with Gasteiger partial charge >= 0.3 is 6.03 Å². The summed E-state index contributed by atoms with van der Waals surface area (Å²) in [6.45, 7) is 0.645. The van der Waals surface area contributed by atoms with Crippen molar-refractivity contribution >= 4 is 17.5 Å². The summed E-state index contributed by atoms with van der Waals surface area (Å²) in [5.41, 5.74) is -0.100. The maximum atomic E-state index is 13.4. The van der Waals surface area contributed by atoms with Crippen LogP contribution in [-0.4, -0.2) is 39.1 Å². The van der Waals surface area contributed by atoms with E-state index >= 15 is 0 Å². The first kappa shape index (κ1) is 17.3. The van der Waals surface area contributed by atoms with Crippen LogP contribution in [0, 0.1) is 11.6 Å². The van der Waals surface area contributed by atoms with Gasteiger partial charge in [-0.3, -0.25) is 0 Å². The fraction of sp³-hybridized carbons (Fsp3) is 0.125. The molecular formula is C16H15F2N7O. The van der Waals surface area contributed by atoms with Gasteiger partial charge in [0.1, 0.15) is 17.5 Å². The molecule has 10 heteroatoms. The third kappa shape index (κ3) is 4.50. The lowest BCUT2D eigenvalue weighted by Gasteiger charge is -2.09. The molecule has 2 amide bonds. The average molecular weight is 359 g/mol. The number of amides is 2. The molecule has 0 bridgehead atoms. The molecule has 3 N–H and O–H groups in total. The van der Waals surface area contributed by atoms with E-state index in [-0.39, 0.29) is 12.2 Å². The Morgan fingerprint density at radius 1 is 1.12 bits per heavy atom. The first-order valence-electron chi connectivity index (χ1n) is 7.69. The number of carbonyl (C=O) groups excluding carboxylic acids is 1. The molecule has 134 valence electrons. The van der Waals surface area contributed by atoms with Crippen LogP contribution in [-0.2, 0) is 0 Å². The molecule has 3 rings (SSSR count). The van der Waals surface area contributed by atoms with Crippen molar-refractivity contribution < 1.29 is 13.6 Å². The van der Waals surface area contributed by atoms with Gasteiger partial charge in [0.2, 0.25) is 0 Å². The molecule has 0 atom stereocenters. The zero-order valence-corrected chi connectivity index (χ0v) is 13.5. The Morgan fingerprint density at radius 3 is 2.69 bits per heavy atom. The molecule has 0 saturated heterocycles. The Balaban J connectivity index is 1.41. The predicted molar refractivity (Wildman–Crippen MR) is 91.0 cm³/mol. The number of halogens is 2. The lowest BCUT2D eigenvalue weighted by Crippen LogP contribution is -2.33. The van der Waals surface area contributed by atoms with Crippen LogP contribution in [0.2, 0.25) is 0 Å². The number of benzene rings is 1. The molecule has 0 aliphatic carbocycles. The Labute approximate surface area is 147 Å². The zero-order valence-electron chi connectivity index (χ0n) is 13.5. The molecular weight excluding hydrogens is 344 g/mol. The summed E-state index contributed by atoms with van der Waals surface area (Å²) in [5.74, 6) is -0.435. The summed E-state index contributed by atoms with van der Waals surface area (Å²) in [6, 6.07) is 7.57. The highest BCUT2D eigenvalue weighted by Crippen LogP contribution is 2.14. The topological polar surface area (TPSA) is 96.8 Å². The Bertz CT molecular complexity index is 869. The van der Waals surface area contributed by atoms with Crippen LogP contribution in [0.25, 0.3) is 5.82 Å². The maximum Gasteiger partial charge on any atom is 0.319 e. The fourth-order valence-electron chi connectivity index (χ4n) is 2.07. The van der Waals surface area contributed by atoms with Crippen LogP contribution in [0.15, 0.2) is 48.8 Å². The van der Waals surface area contributed by atoms with Crippen LogP contribution in [0.4, 0.5) is 25.1 Å². The number of nitrogens with one attached hydrogen (secondary N) is 3. The fourth-order valence-corrected chi connectivity index (χ4v) is 2.07. The van der Waals surface area contributed by atoms with E-state index in [1.54, 1.807) is 35.3 Å². The number of aromatic nitrogens is 4. The normalized spacial score (nSPS) is 10.4. The minimum Gasteiger partial charge on any atom is -0.367 e. The first-order valence-corrected chi connectivity index (χ1v) is 7.69. The quantitative estimate of drug-likeness (QED) is 0.586. The Kier molecular flexibility index (Phi) is 5.32.